The second-order valence-corrected chi connectivity index (χ2v) is 6.76. The first-order valence-electron chi connectivity index (χ1n) is 10.2. The van der Waals surface area contributed by atoms with Gasteiger partial charge in [-0.05, 0) is 12.8 Å². The Morgan fingerprint density at radius 3 is 1.50 bits per heavy atom. The lowest BCUT2D eigenvalue weighted by Crippen LogP contribution is -2.38. The summed E-state index contributed by atoms with van der Waals surface area (Å²) in [7, 11) is 2.90. The lowest BCUT2D eigenvalue weighted by atomic mass is 10.0. The average molecular weight is 371 g/mol. The zero-order chi connectivity index (χ0) is 19.5. The Kier molecular flexibility index (Phi) is 17.1. The third kappa shape index (κ3) is 15.9. The van der Waals surface area contributed by atoms with Gasteiger partial charge in [0.1, 0.15) is 0 Å². The molecule has 0 aromatic rings. The van der Waals surface area contributed by atoms with Crippen molar-refractivity contribution < 1.29 is 19.1 Å². The summed E-state index contributed by atoms with van der Waals surface area (Å²) in [4.78, 5) is 33.1. The molecule has 26 heavy (non-hydrogen) atoms. The fraction of sp³-hybridized carbons (Fsp3) is 0.850. The molecule has 0 aliphatic heterocycles. The zero-order valence-corrected chi connectivity index (χ0v) is 16.7. The number of hydrogen-bond donors (Lipinski definition) is 2. The van der Waals surface area contributed by atoms with Crippen LogP contribution in [0.15, 0.2) is 0 Å². The van der Waals surface area contributed by atoms with Gasteiger partial charge in [0, 0.05) is 20.0 Å². The summed E-state index contributed by atoms with van der Waals surface area (Å²) in [5, 5.41) is 4.92. The summed E-state index contributed by atoms with van der Waals surface area (Å²) >= 11 is 0. The van der Waals surface area contributed by atoms with Crippen molar-refractivity contribution in [3.05, 3.63) is 0 Å². The van der Waals surface area contributed by atoms with Gasteiger partial charge in [0.05, 0.1) is 7.11 Å². The molecule has 0 bridgehead atoms. The van der Waals surface area contributed by atoms with E-state index in [4.69, 9.17) is 0 Å². The summed E-state index contributed by atoms with van der Waals surface area (Å²) in [5.74, 6) is -1.22. The van der Waals surface area contributed by atoms with Gasteiger partial charge in [-0.2, -0.15) is 0 Å². The Balaban J connectivity index is 3.15. The first-order chi connectivity index (χ1) is 12.6. The van der Waals surface area contributed by atoms with Crippen LogP contribution >= 0.6 is 0 Å². The highest BCUT2D eigenvalue weighted by atomic mass is 16.5. The quantitative estimate of drug-likeness (QED) is 0.247. The van der Waals surface area contributed by atoms with Crippen LogP contribution in [-0.2, 0) is 19.1 Å². The minimum Gasteiger partial charge on any atom is -0.469 e. The Hall–Kier alpha value is -1.59. The highest BCUT2D eigenvalue weighted by Gasteiger charge is 2.08. The van der Waals surface area contributed by atoms with Gasteiger partial charge < -0.3 is 15.4 Å². The minimum atomic E-state index is -0.578. The van der Waals surface area contributed by atoms with Gasteiger partial charge in [-0.3, -0.25) is 14.4 Å². The Morgan fingerprint density at radius 2 is 1.08 bits per heavy atom. The molecule has 0 rings (SSSR count). The summed E-state index contributed by atoms with van der Waals surface area (Å²) in [5.41, 5.74) is 0. The summed E-state index contributed by atoms with van der Waals surface area (Å²) in [6.07, 6.45) is 16.1. The van der Waals surface area contributed by atoms with E-state index in [2.05, 4.69) is 15.4 Å². The number of unbranched alkanes of at least 4 members (excludes halogenated alkanes) is 12. The van der Waals surface area contributed by atoms with Gasteiger partial charge in [0.2, 0.25) is 0 Å². The molecular weight excluding hydrogens is 332 g/mol. The van der Waals surface area contributed by atoms with E-state index in [9.17, 15) is 14.4 Å². The largest absolute Gasteiger partial charge is 0.469 e. The van der Waals surface area contributed by atoms with Crippen LogP contribution in [0.4, 0.5) is 0 Å². The van der Waals surface area contributed by atoms with Gasteiger partial charge in [-0.25, -0.2) is 0 Å². The monoisotopic (exact) mass is 370 g/mol. The number of nitrogens with one attached hydrogen (secondary N) is 2. The predicted octanol–water partition coefficient (Wildman–Crippen LogP) is 3.48. The maximum absolute atomic E-state index is 11.2. The fourth-order valence-corrected chi connectivity index (χ4v) is 2.84. The van der Waals surface area contributed by atoms with Crippen LogP contribution < -0.4 is 10.6 Å². The Morgan fingerprint density at radius 1 is 0.654 bits per heavy atom. The van der Waals surface area contributed by atoms with Gasteiger partial charge in [0.15, 0.2) is 0 Å². The highest BCUT2D eigenvalue weighted by molar-refractivity contribution is 6.34. The molecule has 0 unspecified atom stereocenters. The molecule has 0 aromatic heterocycles. The fourth-order valence-electron chi connectivity index (χ4n) is 2.84. The molecule has 0 aliphatic carbocycles. The lowest BCUT2D eigenvalue weighted by Gasteiger charge is -2.05. The SMILES string of the molecule is CNC(=O)C(=O)NCCCCCCCCCCCCCCCC(=O)OC. The van der Waals surface area contributed by atoms with Gasteiger partial charge >= 0.3 is 17.8 Å². The molecule has 0 atom stereocenters. The van der Waals surface area contributed by atoms with Crippen molar-refractivity contribution in [1.82, 2.24) is 10.6 Å². The smallest absolute Gasteiger partial charge is 0.309 e. The first-order valence-corrected chi connectivity index (χ1v) is 10.2. The van der Waals surface area contributed by atoms with Crippen molar-refractivity contribution in [2.45, 2.75) is 89.9 Å². The minimum absolute atomic E-state index is 0.0985. The molecule has 2 amide bonds. The van der Waals surface area contributed by atoms with Crippen molar-refractivity contribution in [3.8, 4) is 0 Å². The van der Waals surface area contributed by atoms with Crippen molar-refractivity contribution in [2.75, 3.05) is 20.7 Å². The molecule has 2 N–H and O–H groups in total. The van der Waals surface area contributed by atoms with Crippen LogP contribution in [0.1, 0.15) is 89.9 Å². The second kappa shape index (κ2) is 18.2. The molecule has 0 aromatic carbocycles. The lowest BCUT2D eigenvalue weighted by molar-refractivity contribution is -0.140. The van der Waals surface area contributed by atoms with E-state index in [0.29, 0.717) is 13.0 Å². The number of amides is 2. The molecule has 0 saturated heterocycles. The number of rotatable bonds is 16. The zero-order valence-electron chi connectivity index (χ0n) is 16.7. The number of carbonyl (C=O) groups excluding carboxylic acids is 3. The van der Waals surface area contributed by atoms with Crippen LogP contribution in [0.25, 0.3) is 0 Å². The van der Waals surface area contributed by atoms with Gasteiger partial charge in [-0.15, -0.1) is 0 Å². The molecule has 0 radical (unpaired) electrons. The van der Waals surface area contributed by atoms with Crippen LogP contribution in [0.5, 0.6) is 0 Å². The van der Waals surface area contributed by atoms with E-state index in [0.717, 1.165) is 25.7 Å². The number of likely N-dealkylation sites (N-methyl/N-ethyl adjacent to an activating group) is 1. The van der Waals surface area contributed by atoms with Crippen LogP contribution in [-0.4, -0.2) is 38.5 Å². The maximum Gasteiger partial charge on any atom is 0.309 e. The number of esters is 1. The van der Waals surface area contributed by atoms with Crippen molar-refractivity contribution in [2.24, 2.45) is 0 Å². The molecule has 6 heteroatoms. The summed E-state index contributed by atoms with van der Waals surface area (Å²) in [6, 6.07) is 0. The van der Waals surface area contributed by atoms with Crippen LogP contribution in [0.2, 0.25) is 0 Å². The molecule has 152 valence electrons. The van der Waals surface area contributed by atoms with Crippen molar-refractivity contribution >= 4 is 17.8 Å². The number of ether oxygens (including phenoxy) is 1. The van der Waals surface area contributed by atoms with E-state index >= 15 is 0 Å². The predicted molar refractivity (Wildman–Crippen MR) is 104 cm³/mol. The maximum atomic E-state index is 11.2. The number of carbonyl (C=O) groups is 3. The molecule has 6 nitrogen and oxygen atoms in total. The van der Waals surface area contributed by atoms with E-state index < -0.39 is 11.8 Å². The van der Waals surface area contributed by atoms with E-state index in [-0.39, 0.29) is 5.97 Å². The molecule has 0 aliphatic rings. The molecule has 0 fully saturated rings. The first kappa shape index (κ1) is 24.4. The van der Waals surface area contributed by atoms with Crippen molar-refractivity contribution in [3.63, 3.8) is 0 Å². The topological polar surface area (TPSA) is 84.5 Å². The van der Waals surface area contributed by atoms with Crippen molar-refractivity contribution in [1.29, 1.82) is 0 Å². The van der Waals surface area contributed by atoms with Gasteiger partial charge in [-0.1, -0.05) is 70.6 Å². The van der Waals surface area contributed by atoms with E-state index in [1.807, 2.05) is 0 Å². The highest BCUT2D eigenvalue weighted by Crippen LogP contribution is 2.13. The second-order valence-electron chi connectivity index (χ2n) is 6.76. The normalized spacial score (nSPS) is 10.4. The van der Waals surface area contributed by atoms with Crippen LogP contribution in [0, 0.1) is 0 Å². The average Bonchev–Trinajstić information content (AvgIpc) is 2.66. The Labute approximate surface area is 158 Å². The third-order valence-corrected chi connectivity index (χ3v) is 4.50. The Bertz CT molecular complexity index is 386. The van der Waals surface area contributed by atoms with Gasteiger partial charge in [0.25, 0.3) is 0 Å². The third-order valence-electron chi connectivity index (χ3n) is 4.50. The van der Waals surface area contributed by atoms with Crippen LogP contribution in [0.3, 0.4) is 0 Å². The molecular formula is C20H38N2O4. The molecule has 0 spiro atoms. The van der Waals surface area contributed by atoms with E-state index in [1.54, 1.807) is 0 Å². The summed E-state index contributed by atoms with van der Waals surface area (Å²) in [6.45, 7) is 0.575. The van der Waals surface area contributed by atoms with E-state index in [1.165, 1.54) is 71.9 Å². The molecule has 0 saturated carbocycles. The number of methoxy groups -OCH3 is 1. The number of hydrogen-bond acceptors (Lipinski definition) is 4. The standard InChI is InChI=1S/C20H38N2O4/c1-21-19(24)20(25)22-17-15-13-11-9-7-5-3-4-6-8-10-12-14-16-18(23)26-2/h3-17H2,1-2H3,(H,21,24)(H,22,25). The molecule has 0 heterocycles. The summed E-state index contributed by atoms with van der Waals surface area (Å²) < 4.78 is 4.62.